The number of nitrogens with one attached hydrogen (secondary N) is 1. The van der Waals surface area contributed by atoms with Crippen LogP contribution < -0.4 is 16.9 Å². The molecule has 0 spiro atoms. The molecule has 13 heavy (non-hydrogen) atoms. The van der Waals surface area contributed by atoms with Crippen molar-refractivity contribution < 1.29 is 0 Å². The van der Waals surface area contributed by atoms with E-state index in [4.69, 9.17) is 11.6 Å². The van der Waals surface area contributed by atoms with Crippen LogP contribution in [-0.2, 0) is 6.54 Å². The smallest absolute Gasteiger partial charge is 0.240 e. The molecule has 0 aliphatic heterocycles. The van der Waals surface area contributed by atoms with Crippen LogP contribution in [0.5, 0.6) is 0 Å². The largest absolute Gasteiger partial charge is 0.366 e. The predicted molar refractivity (Wildman–Crippen MR) is 51.2 cm³/mol. The van der Waals surface area contributed by atoms with Crippen molar-refractivity contribution in [2.45, 2.75) is 32.9 Å². The zero-order chi connectivity index (χ0) is 9.84. The molecule has 6 heteroatoms. The summed E-state index contributed by atoms with van der Waals surface area (Å²) in [6.45, 7) is 4.80. The van der Waals surface area contributed by atoms with Crippen molar-refractivity contribution in [3.05, 3.63) is 5.82 Å². The molecule has 1 heterocycles. The summed E-state index contributed by atoms with van der Waals surface area (Å²) in [5, 5.41) is 10.7. The third kappa shape index (κ3) is 2.32. The van der Waals surface area contributed by atoms with Crippen LogP contribution in [0.1, 0.15) is 26.1 Å². The number of rotatable bonds is 4. The Kier molecular flexibility index (Phi) is 3.07. The first-order valence-electron chi connectivity index (χ1n) is 4.33. The number of hydrogen-bond acceptors (Lipinski definition) is 5. The van der Waals surface area contributed by atoms with Gasteiger partial charge in [0.15, 0.2) is 5.82 Å². The number of nitrogen functional groups attached to an aromatic ring is 2. The summed E-state index contributed by atoms with van der Waals surface area (Å²) in [5.41, 5.74) is 5.42. The molecule has 1 unspecified atom stereocenters. The van der Waals surface area contributed by atoms with Gasteiger partial charge in [-0.15, -0.1) is 10.2 Å². The molecule has 1 aromatic heterocycles. The molecule has 0 aliphatic rings. The van der Waals surface area contributed by atoms with Gasteiger partial charge in [0, 0.05) is 6.04 Å². The average molecular weight is 184 g/mol. The van der Waals surface area contributed by atoms with Gasteiger partial charge in [-0.2, -0.15) is 0 Å². The first-order valence-corrected chi connectivity index (χ1v) is 4.33. The zero-order valence-corrected chi connectivity index (χ0v) is 7.99. The van der Waals surface area contributed by atoms with Crippen LogP contribution in [0.3, 0.4) is 0 Å². The molecular weight excluding hydrogens is 168 g/mol. The lowest BCUT2D eigenvalue weighted by molar-refractivity contribution is 0.518. The minimum atomic E-state index is 0.237. The molecule has 0 bridgehead atoms. The number of anilines is 1. The topological polar surface area (TPSA) is 94.8 Å². The Balaban J connectivity index is 2.50. The molecule has 0 saturated carbocycles. The van der Waals surface area contributed by atoms with Crippen molar-refractivity contribution >= 4 is 5.95 Å². The molecule has 0 saturated heterocycles. The van der Waals surface area contributed by atoms with Crippen LogP contribution in [0.4, 0.5) is 5.95 Å². The molecule has 5 N–H and O–H groups in total. The highest BCUT2D eigenvalue weighted by Gasteiger charge is 2.06. The summed E-state index contributed by atoms with van der Waals surface area (Å²) in [6.07, 6.45) is 1.06. The highest BCUT2D eigenvalue weighted by Crippen LogP contribution is 1.98. The van der Waals surface area contributed by atoms with E-state index >= 15 is 0 Å². The van der Waals surface area contributed by atoms with E-state index < -0.39 is 0 Å². The molecule has 0 radical (unpaired) electrons. The second-order valence-electron chi connectivity index (χ2n) is 3.03. The van der Waals surface area contributed by atoms with Crippen molar-refractivity contribution in [2.75, 3.05) is 11.6 Å². The fourth-order valence-corrected chi connectivity index (χ4v) is 0.868. The SMILES string of the molecule is CCC(C)NCc1nnc(N)n1N. The Morgan fingerprint density at radius 3 is 2.69 bits per heavy atom. The van der Waals surface area contributed by atoms with Gasteiger partial charge in [-0.1, -0.05) is 6.92 Å². The molecule has 1 aromatic rings. The van der Waals surface area contributed by atoms with Gasteiger partial charge < -0.3 is 16.9 Å². The van der Waals surface area contributed by atoms with Crippen LogP contribution >= 0.6 is 0 Å². The minimum Gasteiger partial charge on any atom is -0.366 e. The first kappa shape index (κ1) is 9.79. The molecule has 6 nitrogen and oxygen atoms in total. The van der Waals surface area contributed by atoms with Crippen molar-refractivity contribution in [3.8, 4) is 0 Å². The zero-order valence-electron chi connectivity index (χ0n) is 7.99. The number of nitrogens with zero attached hydrogens (tertiary/aromatic N) is 3. The Hall–Kier alpha value is -1.30. The average Bonchev–Trinajstić information content (AvgIpc) is 2.44. The normalized spacial score (nSPS) is 13.1. The molecule has 0 amide bonds. The van der Waals surface area contributed by atoms with Crippen LogP contribution in [0, 0.1) is 0 Å². The minimum absolute atomic E-state index is 0.237. The van der Waals surface area contributed by atoms with Crippen LogP contribution in [-0.4, -0.2) is 20.9 Å². The van der Waals surface area contributed by atoms with Gasteiger partial charge in [0.1, 0.15) is 0 Å². The highest BCUT2D eigenvalue weighted by molar-refractivity contribution is 5.16. The highest BCUT2D eigenvalue weighted by atomic mass is 15.4. The first-order chi connectivity index (χ1) is 6.15. The quantitative estimate of drug-likeness (QED) is 0.546. The fraction of sp³-hybridized carbons (Fsp3) is 0.714. The van der Waals surface area contributed by atoms with E-state index in [0.717, 1.165) is 6.42 Å². The summed E-state index contributed by atoms with van der Waals surface area (Å²) in [4.78, 5) is 0. The van der Waals surface area contributed by atoms with Crippen molar-refractivity contribution in [2.24, 2.45) is 0 Å². The summed E-state index contributed by atoms with van der Waals surface area (Å²) in [7, 11) is 0. The van der Waals surface area contributed by atoms with Gasteiger partial charge >= 0.3 is 0 Å². The maximum absolute atomic E-state index is 5.56. The molecule has 0 fully saturated rings. The number of aromatic nitrogens is 3. The lowest BCUT2D eigenvalue weighted by Gasteiger charge is -2.09. The molecule has 1 atom stereocenters. The fourth-order valence-electron chi connectivity index (χ4n) is 0.868. The molecular formula is C7H16N6. The Morgan fingerprint density at radius 1 is 1.54 bits per heavy atom. The van der Waals surface area contributed by atoms with Crippen LogP contribution in [0.2, 0.25) is 0 Å². The lowest BCUT2D eigenvalue weighted by Crippen LogP contribution is -2.27. The summed E-state index contributed by atoms with van der Waals surface area (Å²) in [5.74, 6) is 6.44. The number of hydrogen-bond donors (Lipinski definition) is 3. The van der Waals surface area contributed by atoms with Gasteiger partial charge in [0.25, 0.3) is 0 Å². The molecule has 1 rings (SSSR count). The Bertz CT molecular complexity index is 268. The van der Waals surface area contributed by atoms with E-state index in [9.17, 15) is 0 Å². The van der Waals surface area contributed by atoms with Crippen molar-refractivity contribution in [1.82, 2.24) is 20.2 Å². The van der Waals surface area contributed by atoms with E-state index in [0.29, 0.717) is 18.4 Å². The summed E-state index contributed by atoms with van der Waals surface area (Å²) < 4.78 is 1.29. The third-order valence-corrected chi connectivity index (χ3v) is 2.01. The van der Waals surface area contributed by atoms with Gasteiger partial charge in [0.2, 0.25) is 5.95 Å². The lowest BCUT2D eigenvalue weighted by atomic mass is 10.2. The third-order valence-electron chi connectivity index (χ3n) is 2.01. The van der Waals surface area contributed by atoms with Crippen molar-refractivity contribution in [1.29, 1.82) is 0 Å². The van der Waals surface area contributed by atoms with E-state index in [1.165, 1.54) is 4.68 Å². The van der Waals surface area contributed by atoms with E-state index in [1.807, 2.05) is 0 Å². The van der Waals surface area contributed by atoms with Crippen LogP contribution in [0.15, 0.2) is 0 Å². The number of nitrogens with two attached hydrogens (primary N) is 2. The molecule has 0 aromatic carbocycles. The monoisotopic (exact) mass is 184 g/mol. The Labute approximate surface area is 77.3 Å². The van der Waals surface area contributed by atoms with Gasteiger partial charge in [0.05, 0.1) is 6.54 Å². The molecule has 74 valence electrons. The Morgan fingerprint density at radius 2 is 2.23 bits per heavy atom. The van der Waals surface area contributed by atoms with E-state index in [2.05, 4.69) is 29.4 Å². The van der Waals surface area contributed by atoms with Gasteiger partial charge in [-0.25, -0.2) is 4.68 Å². The summed E-state index contributed by atoms with van der Waals surface area (Å²) in [6, 6.07) is 0.443. The van der Waals surface area contributed by atoms with Gasteiger partial charge in [-0.3, -0.25) is 0 Å². The van der Waals surface area contributed by atoms with E-state index in [-0.39, 0.29) is 5.95 Å². The maximum atomic E-state index is 5.56. The second-order valence-corrected chi connectivity index (χ2v) is 3.03. The second kappa shape index (κ2) is 4.08. The standard InChI is InChI=1S/C7H16N6/c1-3-5(2)10-4-6-11-12-7(8)13(6)9/h5,10H,3-4,9H2,1-2H3,(H2,8,12). The summed E-state index contributed by atoms with van der Waals surface area (Å²) >= 11 is 0. The van der Waals surface area contributed by atoms with Gasteiger partial charge in [-0.05, 0) is 13.3 Å². The van der Waals surface area contributed by atoms with Crippen LogP contribution in [0.25, 0.3) is 0 Å². The van der Waals surface area contributed by atoms with E-state index in [1.54, 1.807) is 0 Å². The molecule has 0 aliphatic carbocycles. The maximum Gasteiger partial charge on any atom is 0.240 e. The van der Waals surface area contributed by atoms with Crippen molar-refractivity contribution in [3.63, 3.8) is 0 Å². The predicted octanol–water partition coefficient (Wildman–Crippen LogP) is -0.538.